The van der Waals surface area contributed by atoms with Gasteiger partial charge in [0.2, 0.25) is 0 Å². The van der Waals surface area contributed by atoms with Crippen LogP contribution in [0.3, 0.4) is 0 Å². The van der Waals surface area contributed by atoms with Gasteiger partial charge in [0.25, 0.3) is 0 Å². The molecule has 1 saturated heterocycles. The van der Waals surface area contributed by atoms with Crippen LogP contribution in [-0.4, -0.2) is 27.6 Å². The lowest BCUT2D eigenvalue weighted by atomic mass is 9.90. The zero-order chi connectivity index (χ0) is 11.6. The lowest BCUT2D eigenvalue weighted by Crippen LogP contribution is -2.57. The SMILES string of the molecule is NC1(c2ccncc2)CCCCN1C(=O)O. The Morgan fingerprint density at radius 3 is 2.75 bits per heavy atom. The van der Waals surface area contributed by atoms with E-state index >= 15 is 0 Å². The molecule has 0 saturated carbocycles. The molecule has 2 heterocycles. The molecule has 1 fully saturated rings. The van der Waals surface area contributed by atoms with Crippen molar-refractivity contribution in [3.8, 4) is 0 Å². The van der Waals surface area contributed by atoms with Crippen LogP contribution in [0.15, 0.2) is 24.5 Å². The Bertz CT molecular complexity index is 382. The Morgan fingerprint density at radius 2 is 2.12 bits per heavy atom. The van der Waals surface area contributed by atoms with Gasteiger partial charge in [-0.1, -0.05) is 0 Å². The number of piperidine rings is 1. The molecule has 0 radical (unpaired) electrons. The summed E-state index contributed by atoms with van der Waals surface area (Å²) >= 11 is 0. The van der Waals surface area contributed by atoms with Gasteiger partial charge in [-0.3, -0.25) is 9.88 Å². The van der Waals surface area contributed by atoms with E-state index in [9.17, 15) is 4.79 Å². The molecule has 1 aromatic rings. The van der Waals surface area contributed by atoms with Gasteiger partial charge in [0.1, 0.15) is 5.66 Å². The number of hydrogen-bond acceptors (Lipinski definition) is 3. The molecule has 1 aliphatic heterocycles. The zero-order valence-electron chi connectivity index (χ0n) is 8.97. The lowest BCUT2D eigenvalue weighted by molar-refractivity contribution is 0.0483. The van der Waals surface area contributed by atoms with Crippen molar-refractivity contribution in [3.63, 3.8) is 0 Å². The third kappa shape index (κ3) is 1.74. The minimum absolute atomic E-state index is 0.494. The highest BCUT2D eigenvalue weighted by molar-refractivity contribution is 5.66. The number of likely N-dealkylation sites (tertiary alicyclic amines) is 1. The van der Waals surface area contributed by atoms with Crippen molar-refractivity contribution in [2.24, 2.45) is 5.73 Å². The number of rotatable bonds is 1. The minimum atomic E-state index is -0.959. The molecule has 16 heavy (non-hydrogen) atoms. The van der Waals surface area contributed by atoms with Gasteiger partial charge in [0.05, 0.1) is 0 Å². The van der Waals surface area contributed by atoms with E-state index < -0.39 is 11.8 Å². The molecule has 86 valence electrons. The summed E-state index contributed by atoms with van der Waals surface area (Å²) < 4.78 is 0. The molecule has 0 aromatic carbocycles. The number of aromatic nitrogens is 1. The van der Waals surface area contributed by atoms with Crippen LogP contribution in [0.25, 0.3) is 0 Å². The summed E-state index contributed by atoms with van der Waals surface area (Å²) in [5, 5.41) is 9.17. The number of carbonyl (C=O) groups is 1. The second-order valence-electron chi connectivity index (χ2n) is 4.05. The van der Waals surface area contributed by atoms with Gasteiger partial charge in [-0.25, -0.2) is 4.79 Å². The van der Waals surface area contributed by atoms with Gasteiger partial charge in [-0.15, -0.1) is 0 Å². The maximum Gasteiger partial charge on any atom is 0.409 e. The molecule has 5 nitrogen and oxygen atoms in total. The third-order valence-electron chi connectivity index (χ3n) is 3.08. The predicted molar refractivity (Wildman–Crippen MR) is 58.7 cm³/mol. The fourth-order valence-corrected chi connectivity index (χ4v) is 2.21. The van der Waals surface area contributed by atoms with Gasteiger partial charge < -0.3 is 10.8 Å². The van der Waals surface area contributed by atoms with Gasteiger partial charge in [0, 0.05) is 18.9 Å². The third-order valence-corrected chi connectivity index (χ3v) is 3.08. The lowest BCUT2D eigenvalue weighted by Gasteiger charge is -2.43. The zero-order valence-corrected chi connectivity index (χ0v) is 8.97. The average molecular weight is 221 g/mol. The van der Waals surface area contributed by atoms with Crippen LogP contribution in [0.1, 0.15) is 24.8 Å². The molecule has 0 aliphatic carbocycles. The van der Waals surface area contributed by atoms with Crippen molar-refractivity contribution < 1.29 is 9.90 Å². The van der Waals surface area contributed by atoms with Crippen LogP contribution < -0.4 is 5.73 Å². The van der Waals surface area contributed by atoms with Crippen molar-refractivity contribution in [3.05, 3.63) is 30.1 Å². The van der Waals surface area contributed by atoms with Crippen LogP contribution in [0, 0.1) is 0 Å². The Labute approximate surface area is 93.9 Å². The number of nitrogens with two attached hydrogens (primary N) is 1. The van der Waals surface area contributed by atoms with E-state index in [4.69, 9.17) is 10.8 Å². The largest absolute Gasteiger partial charge is 0.465 e. The number of pyridine rings is 1. The number of hydrogen-bond donors (Lipinski definition) is 2. The quantitative estimate of drug-likeness (QED) is 0.750. The topological polar surface area (TPSA) is 79.5 Å². The summed E-state index contributed by atoms with van der Waals surface area (Å²) in [6.45, 7) is 0.494. The predicted octanol–water partition coefficient (Wildman–Crippen LogP) is 1.36. The molecule has 0 spiro atoms. The van der Waals surface area contributed by atoms with Gasteiger partial charge in [-0.2, -0.15) is 0 Å². The molecule has 1 aliphatic rings. The van der Waals surface area contributed by atoms with Crippen molar-refractivity contribution in [1.82, 2.24) is 9.88 Å². The van der Waals surface area contributed by atoms with Crippen LogP contribution in [-0.2, 0) is 5.66 Å². The fraction of sp³-hybridized carbons (Fsp3) is 0.455. The smallest absolute Gasteiger partial charge is 0.409 e. The first-order valence-electron chi connectivity index (χ1n) is 5.34. The molecule has 1 atom stereocenters. The van der Waals surface area contributed by atoms with E-state index in [2.05, 4.69) is 4.98 Å². The first-order chi connectivity index (χ1) is 7.64. The van der Waals surface area contributed by atoms with Crippen LogP contribution in [0.5, 0.6) is 0 Å². The second kappa shape index (κ2) is 4.09. The minimum Gasteiger partial charge on any atom is -0.465 e. The van der Waals surface area contributed by atoms with Crippen molar-refractivity contribution >= 4 is 6.09 Å². The maximum atomic E-state index is 11.2. The maximum absolute atomic E-state index is 11.2. The Hall–Kier alpha value is -1.62. The summed E-state index contributed by atoms with van der Waals surface area (Å²) in [5.41, 5.74) is 6.16. The second-order valence-corrected chi connectivity index (χ2v) is 4.05. The Balaban J connectivity index is 2.37. The van der Waals surface area contributed by atoms with Crippen molar-refractivity contribution in [2.75, 3.05) is 6.54 Å². The van der Waals surface area contributed by atoms with Crippen molar-refractivity contribution in [1.29, 1.82) is 0 Å². The number of amides is 1. The van der Waals surface area contributed by atoms with Gasteiger partial charge >= 0.3 is 6.09 Å². The number of nitrogens with zero attached hydrogens (tertiary/aromatic N) is 2. The normalized spacial score (nSPS) is 25.4. The van der Waals surface area contributed by atoms with Crippen LogP contribution in [0.4, 0.5) is 4.79 Å². The van der Waals surface area contributed by atoms with E-state index in [1.807, 2.05) is 0 Å². The molecule has 0 bridgehead atoms. The first kappa shape index (κ1) is 10.9. The van der Waals surface area contributed by atoms with Gasteiger partial charge in [-0.05, 0) is 37.0 Å². The highest BCUT2D eigenvalue weighted by atomic mass is 16.4. The molecule has 3 N–H and O–H groups in total. The Morgan fingerprint density at radius 1 is 1.44 bits per heavy atom. The monoisotopic (exact) mass is 221 g/mol. The van der Waals surface area contributed by atoms with E-state index in [-0.39, 0.29) is 0 Å². The summed E-state index contributed by atoms with van der Waals surface area (Å²) in [5.74, 6) is 0. The van der Waals surface area contributed by atoms with Crippen molar-refractivity contribution in [2.45, 2.75) is 24.9 Å². The highest BCUT2D eigenvalue weighted by Gasteiger charge is 2.39. The van der Waals surface area contributed by atoms with Crippen LogP contribution in [0.2, 0.25) is 0 Å². The molecule has 5 heteroatoms. The highest BCUT2D eigenvalue weighted by Crippen LogP contribution is 2.32. The summed E-state index contributed by atoms with van der Waals surface area (Å²) in [6.07, 6.45) is 4.79. The first-order valence-corrected chi connectivity index (χ1v) is 5.34. The van der Waals surface area contributed by atoms with E-state index in [1.54, 1.807) is 24.5 Å². The molecule has 1 amide bonds. The summed E-state index contributed by atoms with van der Waals surface area (Å²) in [6, 6.07) is 3.56. The van der Waals surface area contributed by atoms with Gasteiger partial charge in [0.15, 0.2) is 0 Å². The number of carboxylic acid groups (broad SMARTS) is 1. The average Bonchev–Trinajstić information content (AvgIpc) is 2.30. The molecule has 1 aromatic heterocycles. The summed E-state index contributed by atoms with van der Waals surface area (Å²) in [4.78, 5) is 16.4. The van der Waals surface area contributed by atoms with E-state index in [0.29, 0.717) is 13.0 Å². The molecule has 1 unspecified atom stereocenters. The van der Waals surface area contributed by atoms with E-state index in [1.165, 1.54) is 4.90 Å². The van der Waals surface area contributed by atoms with E-state index in [0.717, 1.165) is 18.4 Å². The molecular weight excluding hydrogens is 206 g/mol. The standard InChI is InChI=1S/C11H15N3O2/c12-11(9-3-6-13-7-4-9)5-1-2-8-14(11)10(15)16/h3-4,6-7H,1-2,5,8,12H2,(H,15,16). The summed E-state index contributed by atoms with van der Waals surface area (Å²) in [7, 11) is 0. The molecule has 2 rings (SSSR count). The van der Waals surface area contributed by atoms with Crippen LogP contribution >= 0.6 is 0 Å². The Kier molecular flexibility index (Phi) is 2.78. The fourth-order valence-electron chi connectivity index (χ4n) is 2.21. The molecular formula is C11H15N3O2.